The van der Waals surface area contributed by atoms with E-state index in [2.05, 4.69) is 49.6 Å². The van der Waals surface area contributed by atoms with Crippen LogP contribution in [0.15, 0.2) is 24.4 Å². The lowest BCUT2D eigenvalue weighted by Gasteiger charge is -2.22. The molecule has 0 saturated carbocycles. The molecular formula is C22H32Cl2N4O2S. The minimum atomic E-state index is -0.0301. The van der Waals surface area contributed by atoms with Crippen molar-refractivity contribution in [1.82, 2.24) is 20.0 Å². The summed E-state index contributed by atoms with van der Waals surface area (Å²) in [4.78, 5) is 18.7. The molecule has 0 aliphatic carbocycles. The highest BCUT2D eigenvalue weighted by Gasteiger charge is 2.17. The van der Waals surface area contributed by atoms with Crippen molar-refractivity contribution in [3.05, 3.63) is 34.8 Å². The molecule has 0 spiro atoms. The summed E-state index contributed by atoms with van der Waals surface area (Å²) in [5, 5.41) is 6.58. The van der Waals surface area contributed by atoms with Crippen molar-refractivity contribution < 1.29 is 9.53 Å². The highest BCUT2D eigenvalue weighted by atomic mass is 35.5. The van der Waals surface area contributed by atoms with Gasteiger partial charge < -0.3 is 15.4 Å². The Labute approximate surface area is 200 Å². The molecule has 2 aromatic heterocycles. The zero-order valence-corrected chi connectivity index (χ0v) is 20.7. The molecule has 1 aliphatic rings. The number of carbonyl (C=O) groups is 1. The summed E-state index contributed by atoms with van der Waals surface area (Å²) in [6.07, 6.45) is 4.19. The van der Waals surface area contributed by atoms with E-state index in [0.717, 1.165) is 55.1 Å². The molecule has 0 radical (unpaired) electrons. The van der Waals surface area contributed by atoms with Crippen LogP contribution in [0.4, 0.5) is 0 Å². The molecule has 1 aliphatic heterocycles. The number of nitrogens with zero attached hydrogens (tertiary/aromatic N) is 2. The Morgan fingerprint density at radius 2 is 2.00 bits per heavy atom. The zero-order valence-electron chi connectivity index (χ0n) is 18.3. The molecule has 0 atom stereocenters. The van der Waals surface area contributed by atoms with Crippen molar-refractivity contribution in [3.8, 4) is 0 Å². The van der Waals surface area contributed by atoms with Crippen molar-refractivity contribution in [2.24, 2.45) is 11.3 Å². The first-order valence-electron chi connectivity index (χ1n) is 10.4. The Bertz CT molecular complexity index is 1010. The summed E-state index contributed by atoms with van der Waals surface area (Å²) >= 11 is 1.44. The summed E-state index contributed by atoms with van der Waals surface area (Å²) in [6.45, 7) is 10.6. The van der Waals surface area contributed by atoms with E-state index in [1.165, 1.54) is 16.9 Å². The van der Waals surface area contributed by atoms with E-state index in [1.807, 2.05) is 10.6 Å². The molecule has 1 fully saturated rings. The van der Waals surface area contributed by atoms with Gasteiger partial charge in [-0.3, -0.25) is 9.20 Å². The molecule has 3 heterocycles. The van der Waals surface area contributed by atoms with Crippen LogP contribution in [0.3, 0.4) is 0 Å². The molecule has 172 valence electrons. The van der Waals surface area contributed by atoms with Gasteiger partial charge >= 0.3 is 0 Å². The molecule has 1 amide bonds. The van der Waals surface area contributed by atoms with Gasteiger partial charge in [-0.25, -0.2) is 4.98 Å². The number of carbonyl (C=O) groups excluding carboxylic acids is 1. The lowest BCUT2D eigenvalue weighted by atomic mass is 9.97. The maximum Gasteiger partial charge on any atom is 0.263 e. The minimum absolute atomic E-state index is 0. The second kappa shape index (κ2) is 11.0. The largest absolute Gasteiger partial charge is 0.381 e. The molecule has 2 N–H and O–H groups in total. The predicted octanol–water partition coefficient (Wildman–Crippen LogP) is 4.68. The van der Waals surface area contributed by atoms with Crippen LogP contribution in [0, 0.1) is 11.3 Å². The molecule has 1 saturated heterocycles. The third-order valence-corrected chi connectivity index (χ3v) is 6.26. The SMILES string of the molecule is CC(C)(C)CNC(=O)c1cn2c(nc3cc(CNCC4CCOCC4)ccc32)s1.Cl.Cl. The second-order valence-electron chi connectivity index (χ2n) is 9.11. The average Bonchev–Trinajstić information content (AvgIpc) is 3.24. The minimum Gasteiger partial charge on any atom is -0.381 e. The van der Waals surface area contributed by atoms with Gasteiger partial charge in [0.1, 0.15) is 4.88 Å². The normalized spacial score (nSPS) is 14.9. The smallest absolute Gasteiger partial charge is 0.263 e. The van der Waals surface area contributed by atoms with E-state index >= 15 is 0 Å². The quantitative estimate of drug-likeness (QED) is 0.530. The Balaban J connectivity index is 0.00000171. The van der Waals surface area contributed by atoms with Gasteiger partial charge in [-0.2, -0.15) is 0 Å². The molecule has 4 rings (SSSR count). The standard InChI is InChI=1S/C22H30N4O2S.2ClH/c1-22(2,3)14-24-20(27)19-13-26-18-5-4-16(10-17(18)25-21(26)29-19)12-23-11-15-6-8-28-9-7-15;;/h4-5,10,13,15,23H,6-9,11-12,14H2,1-3H3,(H,24,27);2*1H. The Hall–Kier alpha value is -1.38. The third-order valence-electron chi connectivity index (χ3n) is 5.28. The fraction of sp³-hybridized carbons (Fsp3) is 0.545. The number of halogens is 2. The van der Waals surface area contributed by atoms with Crippen molar-refractivity contribution in [2.45, 2.75) is 40.2 Å². The number of fused-ring (bicyclic) bond motifs is 3. The van der Waals surface area contributed by atoms with Crippen LogP contribution in [-0.4, -0.2) is 41.6 Å². The lowest BCUT2D eigenvalue weighted by Crippen LogP contribution is -2.31. The first-order chi connectivity index (χ1) is 13.9. The summed E-state index contributed by atoms with van der Waals surface area (Å²) in [5.41, 5.74) is 3.32. The van der Waals surface area contributed by atoms with Crippen molar-refractivity contribution >= 4 is 58.1 Å². The van der Waals surface area contributed by atoms with Crippen LogP contribution in [0.1, 0.15) is 48.8 Å². The van der Waals surface area contributed by atoms with Gasteiger partial charge in [-0.05, 0) is 48.4 Å². The van der Waals surface area contributed by atoms with E-state index in [-0.39, 0.29) is 36.1 Å². The number of nitrogens with one attached hydrogen (secondary N) is 2. The summed E-state index contributed by atoms with van der Waals surface area (Å²) in [6, 6.07) is 6.39. The van der Waals surface area contributed by atoms with Crippen LogP contribution in [0.25, 0.3) is 16.0 Å². The number of amides is 1. The molecule has 6 nitrogen and oxygen atoms in total. The topological polar surface area (TPSA) is 67.7 Å². The Morgan fingerprint density at radius 1 is 1.26 bits per heavy atom. The van der Waals surface area contributed by atoms with Crippen LogP contribution in [-0.2, 0) is 11.3 Å². The van der Waals surface area contributed by atoms with E-state index in [4.69, 9.17) is 9.72 Å². The van der Waals surface area contributed by atoms with Crippen molar-refractivity contribution in [1.29, 1.82) is 0 Å². The molecule has 9 heteroatoms. The van der Waals surface area contributed by atoms with Gasteiger partial charge in [-0.15, -0.1) is 24.8 Å². The molecule has 0 bridgehead atoms. The number of hydrogen-bond donors (Lipinski definition) is 2. The molecule has 3 aromatic rings. The number of thiazole rings is 1. The Morgan fingerprint density at radius 3 is 2.71 bits per heavy atom. The molecular weight excluding hydrogens is 455 g/mol. The molecule has 0 unspecified atom stereocenters. The van der Waals surface area contributed by atoms with E-state index in [0.29, 0.717) is 17.3 Å². The van der Waals surface area contributed by atoms with Gasteiger partial charge in [0.05, 0.1) is 11.0 Å². The summed E-state index contributed by atoms with van der Waals surface area (Å²) in [5.74, 6) is 0.686. The zero-order chi connectivity index (χ0) is 20.4. The maximum absolute atomic E-state index is 12.4. The van der Waals surface area contributed by atoms with E-state index in [1.54, 1.807) is 0 Å². The van der Waals surface area contributed by atoms with Gasteiger partial charge in [0, 0.05) is 32.5 Å². The number of benzene rings is 1. The fourth-order valence-corrected chi connectivity index (χ4v) is 4.49. The van der Waals surface area contributed by atoms with Gasteiger partial charge in [0.25, 0.3) is 5.91 Å². The second-order valence-corrected chi connectivity index (χ2v) is 10.1. The van der Waals surface area contributed by atoms with Crippen LogP contribution in [0.5, 0.6) is 0 Å². The highest BCUT2D eigenvalue weighted by molar-refractivity contribution is 7.18. The number of imidazole rings is 1. The molecule has 31 heavy (non-hydrogen) atoms. The number of hydrogen-bond acceptors (Lipinski definition) is 5. The number of aromatic nitrogens is 2. The maximum atomic E-state index is 12.4. The third kappa shape index (κ3) is 6.56. The summed E-state index contributed by atoms with van der Waals surface area (Å²) < 4.78 is 7.44. The monoisotopic (exact) mass is 486 g/mol. The summed E-state index contributed by atoms with van der Waals surface area (Å²) in [7, 11) is 0. The van der Waals surface area contributed by atoms with E-state index < -0.39 is 0 Å². The van der Waals surface area contributed by atoms with Gasteiger partial charge in [0.2, 0.25) is 0 Å². The van der Waals surface area contributed by atoms with Crippen LogP contribution >= 0.6 is 36.2 Å². The number of rotatable bonds is 6. The highest BCUT2D eigenvalue weighted by Crippen LogP contribution is 2.25. The first kappa shape index (κ1) is 25.9. The van der Waals surface area contributed by atoms with Gasteiger partial charge in [-0.1, -0.05) is 38.2 Å². The van der Waals surface area contributed by atoms with Gasteiger partial charge in [0.15, 0.2) is 4.96 Å². The predicted molar refractivity (Wildman–Crippen MR) is 132 cm³/mol. The van der Waals surface area contributed by atoms with Crippen LogP contribution < -0.4 is 10.6 Å². The van der Waals surface area contributed by atoms with Crippen molar-refractivity contribution in [3.63, 3.8) is 0 Å². The molecule has 1 aromatic carbocycles. The first-order valence-corrected chi connectivity index (χ1v) is 11.2. The Kier molecular flexibility index (Phi) is 9.15. The lowest BCUT2D eigenvalue weighted by molar-refractivity contribution is 0.0662. The fourth-order valence-electron chi connectivity index (χ4n) is 3.58. The number of ether oxygens (including phenoxy) is 1. The van der Waals surface area contributed by atoms with Crippen molar-refractivity contribution in [2.75, 3.05) is 26.3 Å². The van der Waals surface area contributed by atoms with E-state index in [9.17, 15) is 4.79 Å². The average molecular weight is 487 g/mol. The van der Waals surface area contributed by atoms with Crippen LogP contribution in [0.2, 0.25) is 0 Å².